The Morgan fingerprint density at radius 1 is 0.440 bits per heavy atom. The molecule has 4 heteroatoms. The van der Waals surface area contributed by atoms with Crippen LogP contribution in [-0.4, -0.2) is 26.1 Å². The van der Waals surface area contributed by atoms with Crippen molar-refractivity contribution < 1.29 is 0 Å². The summed E-state index contributed by atoms with van der Waals surface area (Å²) in [5, 5.41) is 6.31. The molecule has 0 unspecified atom stereocenters. The highest BCUT2D eigenvalue weighted by Gasteiger charge is 2.42. The van der Waals surface area contributed by atoms with Crippen LogP contribution < -0.4 is 0 Å². The van der Waals surface area contributed by atoms with Crippen molar-refractivity contribution in [3.8, 4) is 46.6 Å². The Balaban J connectivity index is 1.86. The van der Waals surface area contributed by atoms with Crippen LogP contribution in [0.15, 0.2) is 60.9 Å². The highest BCUT2D eigenvalue weighted by atomic mass is 28.3. The van der Waals surface area contributed by atoms with E-state index < -0.39 is 16.1 Å². The average molecular weight is 689 g/mol. The zero-order valence-electron chi connectivity index (χ0n) is 32.1. The molecule has 254 valence electrons. The maximum absolute atomic E-state index is 4.74. The van der Waals surface area contributed by atoms with Crippen LogP contribution >= 0.6 is 0 Å². The predicted molar refractivity (Wildman–Crippen MR) is 223 cm³/mol. The van der Waals surface area contributed by atoms with Crippen molar-refractivity contribution in [2.45, 2.75) is 116 Å². The van der Waals surface area contributed by atoms with E-state index in [9.17, 15) is 0 Å². The molecule has 0 radical (unpaired) electrons. The second-order valence-corrected chi connectivity index (χ2v) is 26.9. The van der Waals surface area contributed by atoms with E-state index in [2.05, 4.69) is 166 Å². The van der Waals surface area contributed by atoms with E-state index >= 15 is 0 Å². The normalized spacial score (nSPS) is 12.0. The first-order valence-corrected chi connectivity index (χ1v) is 22.8. The number of nitrogens with zero attached hydrogens (tertiary/aromatic N) is 2. The Labute approximate surface area is 303 Å². The summed E-state index contributed by atoms with van der Waals surface area (Å²) in [7, 11) is -3.84. The van der Waals surface area contributed by atoms with Crippen molar-refractivity contribution in [1.82, 2.24) is 9.97 Å². The number of rotatable bonds is 6. The summed E-state index contributed by atoms with van der Waals surface area (Å²) in [5.74, 6) is 20.7. The Morgan fingerprint density at radius 3 is 1.08 bits per heavy atom. The lowest BCUT2D eigenvalue weighted by molar-refractivity contribution is 0.838. The Hall–Kier alpha value is -4.33. The molecule has 0 aliphatic rings. The van der Waals surface area contributed by atoms with E-state index in [1.807, 2.05) is 24.5 Å². The number of hydrogen-bond donors (Lipinski definition) is 0. The third kappa shape index (κ3) is 6.61. The van der Waals surface area contributed by atoms with Crippen LogP contribution in [0.2, 0.25) is 33.2 Å². The van der Waals surface area contributed by atoms with Gasteiger partial charge in [-0.1, -0.05) is 107 Å². The fourth-order valence-electron chi connectivity index (χ4n) is 8.96. The smallest absolute Gasteiger partial charge is 0.147 e. The lowest BCUT2D eigenvalue weighted by Gasteiger charge is -2.37. The minimum absolute atomic E-state index is 0.546. The molecule has 0 bridgehead atoms. The molecule has 0 fully saturated rings. The summed E-state index contributed by atoms with van der Waals surface area (Å²) in [6.07, 6.45) is 3.70. The van der Waals surface area contributed by atoms with Gasteiger partial charge in [-0.05, 0) is 104 Å². The molecule has 0 amide bonds. The first kappa shape index (κ1) is 36.9. The predicted octanol–water partition coefficient (Wildman–Crippen LogP) is 12.2. The molecule has 0 aliphatic carbocycles. The number of fused-ring (bicyclic) bond motifs is 4. The van der Waals surface area contributed by atoms with E-state index in [4.69, 9.17) is 9.97 Å². The molecule has 3 aromatic carbocycles. The summed E-state index contributed by atoms with van der Waals surface area (Å²) in [5.41, 5.74) is 14.6. The molecule has 0 saturated heterocycles. The molecule has 2 heterocycles. The van der Waals surface area contributed by atoms with Gasteiger partial charge in [-0.2, -0.15) is 0 Å². The molecule has 0 N–H and O–H groups in total. The van der Waals surface area contributed by atoms with Gasteiger partial charge in [-0.25, -0.2) is 0 Å². The van der Waals surface area contributed by atoms with Crippen molar-refractivity contribution >= 4 is 59.5 Å². The van der Waals surface area contributed by atoms with E-state index in [1.54, 1.807) is 0 Å². The van der Waals surface area contributed by atoms with Gasteiger partial charge in [0.15, 0.2) is 0 Å². The van der Waals surface area contributed by atoms with Crippen molar-refractivity contribution in [1.29, 1.82) is 0 Å². The largest absolute Gasteiger partial charge is 0.256 e. The quantitative estimate of drug-likeness (QED) is 0.101. The van der Waals surface area contributed by atoms with Gasteiger partial charge in [0, 0.05) is 45.1 Å². The zero-order chi connectivity index (χ0) is 36.4. The second-order valence-electron chi connectivity index (χ2n) is 15.7. The zero-order valence-corrected chi connectivity index (χ0v) is 34.1. The third-order valence-electron chi connectivity index (χ3n) is 11.4. The van der Waals surface area contributed by atoms with Gasteiger partial charge in [0.2, 0.25) is 0 Å². The molecule has 0 saturated carbocycles. The fraction of sp³-hybridized carbons (Fsp3) is 0.391. The fourth-order valence-corrected chi connectivity index (χ4v) is 19.3. The van der Waals surface area contributed by atoms with E-state index in [0.717, 1.165) is 54.5 Å². The van der Waals surface area contributed by atoms with Crippen molar-refractivity contribution in [2.24, 2.45) is 0 Å². The summed E-state index contributed by atoms with van der Waals surface area (Å²) < 4.78 is 0. The van der Waals surface area contributed by atoms with Gasteiger partial charge in [0.25, 0.3) is 0 Å². The van der Waals surface area contributed by atoms with E-state index in [-0.39, 0.29) is 0 Å². The van der Waals surface area contributed by atoms with Gasteiger partial charge >= 0.3 is 0 Å². The highest BCUT2D eigenvalue weighted by Crippen LogP contribution is 2.42. The topological polar surface area (TPSA) is 25.8 Å². The molecular weight excluding hydrogens is 637 g/mol. The number of aromatic nitrogens is 2. The van der Waals surface area contributed by atoms with E-state index in [1.165, 1.54) is 0 Å². The van der Waals surface area contributed by atoms with Crippen LogP contribution in [0.1, 0.15) is 94.2 Å². The SMILES string of the molecule is CC(C)[Si](C#CC#Cc1c2cc3cccnc3cc2c(C#CC#C[Si](C(C)C)(C(C)C)C(C)C)c2cc3cccnc3cc12)(C(C)C)C(C)C. The van der Waals surface area contributed by atoms with Gasteiger partial charge in [0.05, 0.1) is 11.0 Å². The lowest BCUT2D eigenvalue weighted by atomic mass is 9.90. The minimum atomic E-state index is -1.92. The summed E-state index contributed by atoms with van der Waals surface area (Å²) in [6.45, 7) is 28.1. The van der Waals surface area contributed by atoms with Crippen LogP contribution in [-0.2, 0) is 0 Å². The molecule has 0 spiro atoms. The third-order valence-corrected chi connectivity index (χ3v) is 23.9. The first-order chi connectivity index (χ1) is 23.7. The average Bonchev–Trinajstić information content (AvgIpc) is 3.06. The van der Waals surface area contributed by atoms with Gasteiger partial charge < -0.3 is 0 Å². The highest BCUT2D eigenvalue weighted by molar-refractivity contribution is 6.91. The summed E-state index contributed by atoms with van der Waals surface area (Å²) in [6, 6.07) is 17.0. The van der Waals surface area contributed by atoms with Crippen molar-refractivity contribution in [3.05, 3.63) is 72.1 Å². The van der Waals surface area contributed by atoms with Crippen LogP contribution in [0.5, 0.6) is 0 Å². The second kappa shape index (κ2) is 14.9. The van der Waals surface area contributed by atoms with Crippen molar-refractivity contribution in [2.75, 3.05) is 0 Å². The molecule has 0 atom stereocenters. The maximum atomic E-state index is 4.74. The molecule has 5 rings (SSSR count). The molecule has 0 aliphatic heterocycles. The summed E-state index contributed by atoms with van der Waals surface area (Å²) in [4.78, 5) is 9.47. The standard InChI is InChI=1S/C46H52N2Si2/c1-31(2)49(32(3)4,33(5)6)25-15-13-21-39-41-27-37-19-17-24-48-46(37)30-44(41)40(42-28-38-20-18-23-47-45(38)29-43(39)42)22-14-16-26-50(34(7)8,35(9)10)36(11)12/h17-20,23-24,27-36H,1-12H3. The Kier molecular flexibility index (Phi) is 11.0. The maximum Gasteiger partial charge on any atom is 0.147 e. The van der Waals surface area contributed by atoms with Crippen LogP contribution in [0.25, 0.3) is 43.4 Å². The van der Waals surface area contributed by atoms with Crippen LogP contribution in [0.3, 0.4) is 0 Å². The summed E-state index contributed by atoms with van der Waals surface area (Å²) >= 11 is 0. The molecule has 5 aromatic rings. The number of hydrogen-bond acceptors (Lipinski definition) is 2. The van der Waals surface area contributed by atoms with Crippen LogP contribution in [0.4, 0.5) is 0 Å². The molecular formula is C46H52N2Si2. The van der Waals surface area contributed by atoms with E-state index in [0.29, 0.717) is 33.2 Å². The molecule has 2 nitrogen and oxygen atoms in total. The van der Waals surface area contributed by atoms with Gasteiger partial charge in [0.1, 0.15) is 16.1 Å². The first-order valence-electron chi connectivity index (χ1n) is 18.3. The van der Waals surface area contributed by atoms with Crippen LogP contribution in [0, 0.1) is 46.6 Å². The monoisotopic (exact) mass is 688 g/mol. The lowest BCUT2D eigenvalue weighted by Crippen LogP contribution is -2.43. The van der Waals surface area contributed by atoms with Gasteiger partial charge in [-0.15, -0.1) is 11.1 Å². The molecule has 2 aromatic heterocycles. The van der Waals surface area contributed by atoms with Gasteiger partial charge in [-0.3, -0.25) is 9.97 Å². The minimum Gasteiger partial charge on any atom is -0.256 e. The number of pyridine rings is 2. The number of benzene rings is 3. The molecule has 50 heavy (non-hydrogen) atoms. The van der Waals surface area contributed by atoms with Crippen molar-refractivity contribution in [3.63, 3.8) is 0 Å². The Morgan fingerprint density at radius 2 is 0.760 bits per heavy atom. The Bertz CT molecular complexity index is 2030.